The predicted octanol–water partition coefficient (Wildman–Crippen LogP) is 3.42. The van der Waals surface area contributed by atoms with Crippen LogP contribution in [0, 0.1) is 6.92 Å². The van der Waals surface area contributed by atoms with E-state index in [1.54, 1.807) is 32.4 Å². The molecular weight excluding hydrogens is 314 g/mol. The van der Waals surface area contributed by atoms with Gasteiger partial charge in [-0.15, -0.1) is 11.3 Å². The van der Waals surface area contributed by atoms with Gasteiger partial charge in [0.2, 0.25) is 5.90 Å². The number of cyclic esters (lactones) is 1. The number of hydrogen-bond acceptors (Lipinski definition) is 6. The molecule has 2 heterocycles. The van der Waals surface area contributed by atoms with Crippen LogP contribution >= 0.6 is 11.3 Å². The molecule has 1 aliphatic rings. The number of rotatable bonds is 4. The first-order valence-electron chi connectivity index (χ1n) is 6.92. The van der Waals surface area contributed by atoms with Crippen molar-refractivity contribution in [3.05, 3.63) is 51.3 Å². The maximum Gasteiger partial charge on any atom is 0.363 e. The maximum absolute atomic E-state index is 12.0. The van der Waals surface area contributed by atoms with E-state index in [-0.39, 0.29) is 5.70 Å². The summed E-state index contributed by atoms with van der Waals surface area (Å²) in [5.41, 5.74) is 1.04. The normalized spacial score (nSPS) is 15.5. The van der Waals surface area contributed by atoms with E-state index < -0.39 is 5.97 Å². The lowest BCUT2D eigenvalue weighted by Gasteiger charge is -2.07. The minimum atomic E-state index is -0.458. The molecule has 1 aliphatic heterocycles. The Kier molecular flexibility index (Phi) is 4.16. The molecule has 0 atom stereocenters. The Morgan fingerprint density at radius 1 is 1.13 bits per heavy atom. The molecule has 0 unspecified atom stereocenters. The van der Waals surface area contributed by atoms with Crippen molar-refractivity contribution in [1.82, 2.24) is 0 Å². The van der Waals surface area contributed by atoms with Crippen molar-refractivity contribution in [2.75, 3.05) is 14.2 Å². The van der Waals surface area contributed by atoms with Crippen molar-refractivity contribution >= 4 is 29.3 Å². The second kappa shape index (κ2) is 6.26. The molecular formula is C17H15NO4S. The number of aliphatic imine (C=N–C) groups is 1. The molecule has 118 valence electrons. The van der Waals surface area contributed by atoms with E-state index in [9.17, 15) is 4.79 Å². The summed E-state index contributed by atoms with van der Waals surface area (Å²) in [4.78, 5) is 18.3. The quantitative estimate of drug-likeness (QED) is 0.637. The van der Waals surface area contributed by atoms with Crippen LogP contribution in [-0.2, 0) is 9.53 Å². The number of carbonyl (C=O) groups excluding carboxylic acids is 1. The summed E-state index contributed by atoms with van der Waals surface area (Å²) in [5.74, 6) is 1.11. The molecule has 0 amide bonds. The lowest BCUT2D eigenvalue weighted by Crippen LogP contribution is -2.03. The highest BCUT2D eigenvalue weighted by molar-refractivity contribution is 7.14. The van der Waals surface area contributed by atoms with Crippen LogP contribution in [0.25, 0.3) is 6.08 Å². The van der Waals surface area contributed by atoms with Gasteiger partial charge >= 0.3 is 5.97 Å². The van der Waals surface area contributed by atoms with Gasteiger partial charge in [0.05, 0.1) is 19.1 Å². The number of carbonyl (C=O) groups is 1. The van der Waals surface area contributed by atoms with Gasteiger partial charge in [0.25, 0.3) is 0 Å². The fraction of sp³-hybridized carbons (Fsp3) is 0.176. The standard InChI is InChI=1S/C17H15NO4S/c1-10-4-7-15(23-10)16-18-12(17(19)22-16)8-11-5-6-13(20-2)14(9-11)21-3/h4-9H,1-3H3/b12-8-. The van der Waals surface area contributed by atoms with Gasteiger partial charge in [-0.05, 0) is 42.8 Å². The molecule has 0 saturated carbocycles. The van der Waals surface area contributed by atoms with Gasteiger partial charge in [-0.25, -0.2) is 9.79 Å². The van der Waals surface area contributed by atoms with Crippen LogP contribution in [-0.4, -0.2) is 26.1 Å². The van der Waals surface area contributed by atoms with Crippen molar-refractivity contribution in [1.29, 1.82) is 0 Å². The number of thiophene rings is 1. The highest BCUT2D eigenvalue weighted by atomic mass is 32.1. The van der Waals surface area contributed by atoms with E-state index in [2.05, 4.69) is 4.99 Å². The summed E-state index contributed by atoms with van der Waals surface area (Å²) in [5, 5.41) is 0. The third-order valence-electron chi connectivity index (χ3n) is 3.28. The third kappa shape index (κ3) is 3.12. The Morgan fingerprint density at radius 2 is 1.91 bits per heavy atom. The number of hydrogen-bond donors (Lipinski definition) is 0. The summed E-state index contributed by atoms with van der Waals surface area (Å²) < 4.78 is 15.7. The van der Waals surface area contributed by atoms with E-state index in [0.717, 1.165) is 15.3 Å². The molecule has 23 heavy (non-hydrogen) atoms. The molecule has 0 saturated heterocycles. The van der Waals surface area contributed by atoms with Gasteiger partial charge in [-0.2, -0.15) is 0 Å². The molecule has 1 aromatic heterocycles. The first kappa shape index (κ1) is 15.3. The summed E-state index contributed by atoms with van der Waals surface area (Å²) >= 11 is 1.53. The lowest BCUT2D eigenvalue weighted by atomic mass is 10.1. The average molecular weight is 329 g/mol. The zero-order valence-electron chi connectivity index (χ0n) is 13.0. The molecule has 0 N–H and O–H groups in total. The van der Waals surface area contributed by atoms with Crippen molar-refractivity contribution in [3.63, 3.8) is 0 Å². The Hall–Kier alpha value is -2.60. The molecule has 5 nitrogen and oxygen atoms in total. The molecule has 6 heteroatoms. The van der Waals surface area contributed by atoms with Gasteiger partial charge in [0.15, 0.2) is 17.2 Å². The van der Waals surface area contributed by atoms with E-state index in [1.807, 2.05) is 25.1 Å². The number of nitrogens with zero attached hydrogens (tertiary/aromatic N) is 1. The monoisotopic (exact) mass is 329 g/mol. The Morgan fingerprint density at radius 3 is 2.57 bits per heavy atom. The van der Waals surface area contributed by atoms with E-state index in [4.69, 9.17) is 14.2 Å². The minimum Gasteiger partial charge on any atom is -0.493 e. The molecule has 0 aliphatic carbocycles. The van der Waals surface area contributed by atoms with Crippen LogP contribution in [0.5, 0.6) is 11.5 Å². The van der Waals surface area contributed by atoms with E-state index in [1.165, 1.54) is 11.3 Å². The van der Waals surface area contributed by atoms with Crippen molar-refractivity contribution < 1.29 is 19.0 Å². The molecule has 0 radical (unpaired) electrons. The smallest absolute Gasteiger partial charge is 0.363 e. The summed E-state index contributed by atoms with van der Waals surface area (Å²) in [6.07, 6.45) is 1.66. The van der Waals surface area contributed by atoms with Crippen LogP contribution in [0.15, 0.2) is 41.0 Å². The Bertz CT molecular complexity index is 820. The molecule has 0 bridgehead atoms. The largest absolute Gasteiger partial charge is 0.493 e. The van der Waals surface area contributed by atoms with E-state index in [0.29, 0.717) is 17.4 Å². The second-order valence-corrected chi connectivity index (χ2v) is 6.15. The lowest BCUT2D eigenvalue weighted by molar-refractivity contribution is -0.129. The zero-order valence-corrected chi connectivity index (χ0v) is 13.8. The molecule has 2 aromatic rings. The number of esters is 1. The molecule has 3 rings (SSSR count). The first-order chi connectivity index (χ1) is 11.1. The Balaban J connectivity index is 1.93. The third-order valence-corrected chi connectivity index (χ3v) is 4.27. The van der Waals surface area contributed by atoms with Crippen molar-refractivity contribution in [2.24, 2.45) is 4.99 Å². The first-order valence-corrected chi connectivity index (χ1v) is 7.74. The van der Waals surface area contributed by atoms with Crippen molar-refractivity contribution in [3.8, 4) is 11.5 Å². The molecule has 0 spiro atoms. The summed E-state index contributed by atoms with van der Waals surface area (Å²) in [6.45, 7) is 1.99. The SMILES string of the molecule is COc1ccc(/C=C2\N=C(c3ccc(C)s3)OC2=O)cc1OC. The fourth-order valence-electron chi connectivity index (χ4n) is 2.16. The van der Waals surface area contributed by atoms with Crippen LogP contribution in [0.1, 0.15) is 15.3 Å². The zero-order chi connectivity index (χ0) is 16.4. The molecule has 0 fully saturated rings. The van der Waals surface area contributed by atoms with Gasteiger partial charge in [-0.1, -0.05) is 6.07 Å². The number of methoxy groups -OCH3 is 2. The average Bonchev–Trinajstić information content (AvgIpc) is 3.13. The van der Waals surface area contributed by atoms with Crippen LogP contribution in [0.3, 0.4) is 0 Å². The second-order valence-electron chi connectivity index (χ2n) is 4.86. The van der Waals surface area contributed by atoms with Crippen LogP contribution in [0.2, 0.25) is 0 Å². The van der Waals surface area contributed by atoms with Crippen molar-refractivity contribution in [2.45, 2.75) is 6.92 Å². The van der Waals surface area contributed by atoms with Crippen LogP contribution < -0.4 is 9.47 Å². The summed E-state index contributed by atoms with van der Waals surface area (Å²) in [7, 11) is 3.14. The highest BCUT2D eigenvalue weighted by Crippen LogP contribution is 2.29. The van der Waals surface area contributed by atoms with Gasteiger partial charge < -0.3 is 14.2 Å². The maximum atomic E-state index is 12.0. The van der Waals surface area contributed by atoms with E-state index >= 15 is 0 Å². The number of benzene rings is 1. The summed E-state index contributed by atoms with van der Waals surface area (Å²) in [6, 6.07) is 9.24. The predicted molar refractivity (Wildman–Crippen MR) is 89.2 cm³/mol. The van der Waals surface area contributed by atoms with Crippen LogP contribution in [0.4, 0.5) is 0 Å². The highest BCUT2D eigenvalue weighted by Gasteiger charge is 2.25. The van der Waals surface area contributed by atoms with Gasteiger partial charge in [-0.3, -0.25) is 0 Å². The van der Waals surface area contributed by atoms with Gasteiger partial charge in [0, 0.05) is 4.88 Å². The number of aryl methyl sites for hydroxylation is 1. The topological polar surface area (TPSA) is 57.1 Å². The van der Waals surface area contributed by atoms with Gasteiger partial charge in [0.1, 0.15) is 0 Å². The Labute approximate surface area is 137 Å². The minimum absolute atomic E-state index is 0.262. The number of ether oxygens (including phenoxy) is 3. The molecule has 1 aromatic carbocycles. The fourth-order valence-corrected chi connectivity index (χ4v) is 2.96.